The van der Waals surface area contributed by atoms with Crippen LogP contribution in [0, 0.1) is 12.8 Å². The number of methoxy groups -OCH3 is 1. The number of ether oxygens (including phenoxy) is 2. The van der Waals surface area contributed by atoms with Crippen molar-refractivity contribution in [3.63, 3.8) is 0 Å². The molecule has 0 atom stereocenters. The molecule has 1 amide bonds. The number of nitrogens with one attached hydrogen (secondary N) is 1. The van der Waals surface area contributed by atoms with Crippen LogP contribution in [0.3, 0.4) is 0 Å². The van der Waals surface area contributed by atoms with Gasteiger partial charge in [-0.05, 0) is 38.8 Å². The Bertz CT molecular complexity index is 852. The smallest absolute Gasteiger partial charge is 0.341 e. The van der Waals surface area contributed by atoms with Gasteiger partial charge in [-0.3, -0.25) is 4.79 Å². The summed E-state index contributed by atoms with van der Waals surface area (Å²) in [7, 11) is 1.61. The molecule has 5 nitrogen and oxygen atoms in total. The van der Waals surface area contributed by atoms with Crippen molar-refractivity contribution in [2.24, 2.45) is 5.92 Å². The van der Waals surface area contributed by atoms with Crippen molar-refractivity contribution in [3.8, 4) is 16.9 Å². The van der Waals surface area contributed by atoms with Crippen LogP contribution in [0.25, 0.3) is 11.1 Å². The van der Waals surface area contributed by atoms with E-state index in [0.29, 0.717) is 16.3 Å². The summed E-state index contributed by atoms with van der Waals surface area (Å²) in [4.78, 5) is 25.5. The number of anilines is 1. The Morgan fingerprint density at radius 2 is 1.93 bits per heavy atom. The molecule has 0 saturated heterocycles. The lowest BCUT2D eigenvalue weighted by Crippen LogP contribution is -2.25. The van der Waals surface area contributed by atoms with E-state index < -0.39 is 5.97 Å². The quantitative estimate of drug-likeness (QED) is 0.656. The third-order valence-electron chi connectivity index (χ3n) is 5.13. The number of benzene rings is 1. The summed E-state index contributed by atoms with van der Waals surface area (Å²) in [6, 6.07) is 5.83. The maximum atomic E-state index is 12.8. The third kappa shape index (κ3) is 4.38. The van der Waals surface area contributed by atoms with Crippen LogP contribution in [0.4, 0.5) is 5.00 Å². The average Bonchev–Trinajstić information content (AvgIpc) is 3.12. The summed E-state index contributed by atoms with van der Waals surface area (Å²) in [6.45, 7) is 4.04. The van der Waals surface area contributed by atoms with Gasteiger partial charge in [-0.2, -0.15) is 0 Å². The number of carbonyl (C=O) groups excluding carboxylic acids is 2. The van der Waals surface area contributed by atoms with Gasteiger partial charge in [-0.1, -0.05) is 30.9 Å². The van der Waals surface area contributed by atoms with E-state index in [1.54, 1.807) is 14.0 Å². The molecule has 1 aromatic heterocycles. The molecule has 3 rings (SSSR count). The van der Waals surface area contributed by atoms with Crippen LogP contribution in [0.2, 0.25) is 0 Å². The standard InChI is InChI=1S/C22H27NO4S/c1-4-27-22(25)19-17(16-12-14(2)10-11-18(16)26-3)13-28-21(19)23-20(24)15-8-6-5-7-9-15/h10-13,15H,4-9H2,1-3H3,(H,23,24). The van der Waals surface area contributed by atoms with E-state index in [-0.39, 0.29) is 18.4 Å². The zero-order valence-corrected chi connectivity index (χ0v) is 17.5. The molecule has 1 aromatic carbocycles. The molecule has 0 bridgehead atoms. The van der Waals surface area contributed by atoms with E-state index in [2.05, 4.69) is 5.32 Å². The maximum Gasteiger partial charge on any atom is 0.341 e. The number of thiophene rings is 1. The molecule has 1 aliphatic carbocycles. The molecule has 0 aliphatic heterocycles. The molecular formula is C22H27NO4S. The number of amides is 1. The molecule has 150 valence electrons. The van der Waals surface area contributed by atoms with Crippen LogP contribution in [-0.2, 0) is 9.53 Å². The molecule has 1 aliphatic rings. The minimum atomic E-state index is -0.429. The van der Waals surface area contributed by atoms with Gasteiger partial charge in [0.1, 0.15) is 16.3 Å². The molecule has 1 fully saturated rings. The lowest BCUT2D eigenvalue weighted by atomic mass is 9.88. The average molecular weight is 402 g/mol. The predicted molar refractivity (Wildman–Crippen MR) is 112 cm³/mol. The summed E-state index contributed by atoms with van der Waals surface area (Å²) in [5.74, 6) is 0.262. The Morgan fingerprint density at radius 3 is 2.61 bits per heavy atom. The van der Waals surface area contributed by atoms with Gasteiger partial charge in [0, 0.05) is 22.4 Å². The van der Waals surface area contributed by atoms with Crippen molar-refractivity contribution in [1.82, 2.24) is 0 Å². The first-order chi connectivity index (χ1) is 13.5. The SMILES string of the molecule is CCOC(=O)c1c(-c2cc(C)ccc2OC)csc1NC(=O)C1CCCCC1. The monoisotopic (exact) mass is 401 g/mol. The van der Waals surface area contributed by atoms with Crippen molar-refractivity contribution in [3.05, 3.63) is 34.7 Å². The first-order valence-electron chi connectivity index (χ1n) is 9.79. The summed E-state index contributed by atoms with van der Waals surface area (Å²) in [5, 5.41) is 5.44. The number of aryl methyl sites for hydroxylation is 1. The summed E-state index contributed by atoms with van der Waals surface area (Å²) < 4.78 is 10.8. The van der Waals surface area contributed by atoms with E-state index in [1.807, 2.05) is 30.5 Å². The van der Waals surface area contributed by atoms with Gasteiger partial charge in [0.25, 0.3) is 0 Å². The van der Waals surface area contributed by atoms with Crippen molar-refractivity contribution >= 4 is 28.2 Å². The van der Waals surface area contributed by atoms with Gasteiger partial charge in [0.2, 0.25) is 5.91 Å². The van der Waals surface area contributed by atoms with E-state index in [4.69, 9.17) is 9.47 Å². The van der Waals surface area contributed by atoms with E-state index in [9.17, 15) is 9.59 Å². The minimum Gasteiger partial charge on any atom is -0.496 e. The number of rotatable bonds is 6. The second-order valence-corrected chi connectivity index (χ2v) is 7.98. The molecule has 6 heteroatoms. The molecule has 0 spiro atoms. The Kier molecular flexibility index (Phi) is 6.73. The third-order valence-corrected chi connectivity index (χ3v) is 6.02. The second-order valence-electron chi connectivity index (χ2n) is 7.10. The molecule has 28 heavy (non-hydrogen) atoms. The van der Waals surface area contributed by atoms with Crippen molar-refractivity contribution < 1.29 is 19.1 Å². The van der Waals surface area contributed by atoms with E-state index in [1.165, 1.54) is 17.8 Å². The van der Waals surface area contributed by atoms with Crippen LogP contribution >= 0.6 is 11.3 Å². The van der Waals surface area contributed by atoms with Crippen LogP contribution in [-0.4, -0.2) is 25.6 Å². The Hall–Kier alpha value is -2.34. The van der Waals surface area contributed by atoms with Crippen molar-refractivity contribution in [1.29, 1.82) is 0 Å². The normalized spacial score (nSPS) is 14.5. The maximum absolute atomic E-state index is 12.8. The molecule has 2 aromatic rings. The van der Waals surface area contributed by atoms with Crippen LogP contribution < -0.4 is 10.1 Å². The molecule has 1 N–H and O–H groups in total. The van der Waals surface area contributed by atoms with E-state index in [0.717, 1.165) is 42.4 Å². The van der Waals surface area contributed by atoms with Gasteiger partial charge in [0.15, 0.2) is 0 Å². The highest BCUT2D eigenvalue weighted by molar-refractivity contribution is 7.15. The zero-order valence-electron chi connectivity index (χ0n) is 16.7. The molecular weight excluding hydrogens is 374 g/mol. The minimum absolute atomic E-state index is 0.00476. The number of hydrogen-bond acceptors (Lipinski definition) is 5. The molecule has 1 heterocycles. The highest BCUT2D eigenvalue weighted by Gasteiger charge is 2.27. The molecule has 1 saturated carbocycles. The topological polar surface area (TPSA) is 64.6 Å². The van der Waals surface area contributed by atoms with Crippen LogP contribution in [0.15, 0.2) is 23.6 Å². The fourth-order valence-corrected chi connectivity index (χ4v) is 4.62. The summed E-state index contributed by atoms with van der Waals surface area (Å²) in [6.07, 6.45) is 5.17. The van der Waals surface area contributed by atoms with Gasteiger partial charge in [-0.15, -0.1) is 11.3 Å². The molecule has 0 radical (unpaired) electrons. The summed E-state index contributed by atoms with van der Waals surface area (Å²) in [5.41, 5.74) is 3.01. The van der Waals surface area contributed by atoms with Crippen molar-refractivity contribution in [2.45, 2.75) is 46.0 Å². The first-order valence-corrected chi connectivity index (χ1v) is 10.7. The lowest BCUT2D eigenvalue weighted by Gasteiger charge is -2.20. The fraction of sp³-hybridized carbons (Fsp3) is 0.455. The van der Waals surface area contributed by atoms with Gasteiger partial charge < -0.3 is 14.8 Å². The number of hydrogen-bond donors (Lipinski definition) is 1. The van der Waals surface area contributed by atoms with E-state index >= 15 is 0 Å². The van der Waals surface area contributed by atoms with Gasteiger partial charge >= 0.3 is 5.97 Å². The van der Waals surface area contributed by atoms with Crippen LogP contribution in [0.5, 0.6) is 5.75 Å². The van der Waals surface area contributed by atoms with Gasteiger partial charge in [-0.25, -0.2) is 4.79 Å². The predicted octanol–water partition coefficient (Wildman–Crippen LogP) is 5.43. The fourth-order valence-electron chi connectivity index (χ4n) is 3.67. The Labute approximate surface area is 170 Å². The molecule has 0 unspecified atom stereocenters. The van der Waals surface area contributed by atoms with Crippen molar-refractivity contribution in [2.75, 3.05) is 19.0 Å². The summed E-state index contributed by atoms with van der Waals surface area (Å²) >= 11 is 1.35. The zero-order chi connectivity index (χ0) is 20.1. The number of carbonyl (C=O) groups is 2. The van der Waals surface area contributed by atoms with Crippen LogP contribution in [0.1, 0.15) is 54.9 Å². The largest absolute Gasteiger partial charge is 0.496 e. The second kappa shape index (κ2) is 9.24. The highest BCUT2D eigenvalue weighted by Crippen LogP contribution is 2.41. The first kappa shape index (κ1) is 20.4. The lowest BCUT2D eigenvalue weighted by molar-refractivity contribution is -0.120. The Morgan fingerprint density at radius 1 is 1.18 bits per heavy atom. The highest BCUT2D eigenvalue weighted by atomic mass is 32.1. The van der Waals surface area contributed by atoms with Gasteiger partial charge in [0.05, 0.1) is 13.7 Å². The number of esters is 1. The Balaban J connectivity index is 1.99.